The number of carbonyl (C=O) groups is 1. The molecule has 1 fully saturated rings. The van der Waals surface area contributed by atoms with Crippen molar-refractivity contribution in [1.82, 2.24) is 9.47 Å². The summed E-state index contributed by atoms with van der Waals surface area (Å²) < 4.78 is 2.25. The average Bonchev–Trinajstić information content (AvgIpc) is 3.11. The van der Waals surface area contributed by atoms with Crippen LogP contribution in [0.3, 0.4) is 0 Å². The van der Waals surface area contributed by atoms with Crippen LogP contribution in [0.15, 0.2) is 54.6 Å². The molecule has 33 heavy (non-hydrogen) atoms. The third-order valence-electron chi connectivity index (χ3n) is 6.88. The van der Waals surface area contributed by atoms with Crippen LogP contribution in [0, 0.1) is 13.8 Å². The van der Waals surface area contributed by atoms with Gasteiger partial charge in [0.25, 0.3) is 0 Å². The minimum absolute atomic E-state index is 0.000837. The third kappa shape index (κ3) is 5.27. The summed E-state index contributed by atoms with van der Waals surface area (Å²) in [5, 5.41) is 3.95. The quantitative estimate of drug-likeness (QED) is 0.400. The van der Waals surface area contributed by atoms with Crippen molar-refractivity contribution in [2.24, 2.45) is 0 Å². The molecule has 174 valence electrons. The van der Waals surface area contributed by atoms with Crippen LogP contribution in [0.4, 0.5) is 10.5 Å². The zero-order valence-electron chi connectivity index (χ0n) is 19.9. The predicted molar refractivity (Wildman–Crippen MR) is 138 cm³/mol. The number of aromatic nitrogens is 1. The van der Waals surface area contributed by atoms with Crippen molar-refractivity contribution in [1.29, 1.82) is 0 Å². The molecule has 3 aromatic rings. The molecule has 5 heteroatoms. The van der Waals surface area contributed by atoms with E-state index in [9.17, 15) is 4.79 Å². The number of carbonyl (C=O) groups excluding carboxylic acids is 1. The summed E-state index contributed by atoms with van der Waals surface area (Å²) >= 11 is 6.10. The number of para-hydroxylation sites is 1. The van der Waals surface area contributed by atoms with Crippen molar-refractivity contribution in [3.8, 4) is 5.69 Å². The molecule has 0 radical (unpaired) electrons. The highest BCUT2D eigenvalue weighted by Crippen LogP contribution is 2.28. The lowest BCUT2D eigenvalue weighted by Crippen LogP contribution is -2.43. The van der Waals surface area contributed by atoms with Crippen molar-refractivity contribution < 1.29 is 4.79 Å². The van der Waals surface area contributed by atoms with Gasteiger partial charge in [0.05, 0.1) is 0 Å². The Morgan fingerprint density at radius 3 is 2.42 bits per heavy atom. The molecule has 4 rings (SSSR count). The van der Waals surface area contributed by atoms with Crippen LogP contribution >= 0.6 is 11.6 Å². The van der Waals surface area contributed by atoms with Crippen LogP contribution in [-0.4, -0.2) is 21.5 Å². The summed E-state index contributed by atoms with van der Waals surface area (Å²) in [4.78, 5) is 15.7. The van der Waals surface area contributed by atoms with E-state index in [2.05, 4.69) is 47.7 Å². The highest BCUT2D eigenvalue weighted by Gasteiger charge is 2.27. The van der Waals surface area contributed by atoms with E-state index in [0.29, 0.717) is 6.54 Å². The number of amides is 2. The monoisotopic (exact) mass is 463 g/mol. The zero-order chi connectivity index (χ0) is 23.4. The molecule has 4 nitrogen and oxygen atoms in total. The molecular weight excluding hydrogens is 430 g/mol. The van der Waals surface area contributed by atoms with Crippen LogP contribution in [0.25, 0.3) is 5.69 Å². The van der Waals surface area contributed by atoms with Crippen molar-refractivity contribution in [3.63, 3.8) is 0 Å². The van der Waals surface area contributed by atoms with E-state index >= 15 is 0 Å². The lowest BCUT2D eigenvalue weighted by molar-refractivity contribution is 0.162. The molecule has 0 atom stereocenters. The summed E-state index contributed by atoms with van der Waals surface area (Å²) in [6, 6.07) is 18.5. The second-order valence-electron chi connectivity index (χ2n) is 9.07. The number of nitrogens with zero attached hydrogens (tertiary/aromatic N) is 2. The Balaban J connectivity index is 1.62. The maximum atomic E-state index is 13.6. The van der Waals surface area contributed by atoms with Crippen molar-refractivity contribution in [2.45, 2.75) is 71.9 Å². The van der Waals surface area contributed by atoms with E-state index in [0.717, 1.165) is 52.6 Å². The Labute approximate surface area is 202 Å². The van der Waals surface area contributed by atoms with E-state index in [-0.39, 0.29) is 12.1 Å². The van der Waals surface area contributed by atoms with E-state index in [4.69, 9.17) is 11.6 Å². The van der Waals surface area contributed by atoms with Crippen molar-refractivity contribution in [3.05, 3.63) is 82.1 Å². The van der Waals surface area contributed by atoms with Gasteiger partial charge in [-0.2, -0.15) is 0 Å². The minimum Gasteiger partial charge on any atom is -0.318 e. The second kappa shape index (κ2) is 10.5. The summed E-state index contributed by atoms with van der Waals surface area (Å²) in [6.45, 7) is 6.99. The number of benzene rings is 2. The van der Waals surface area contributed by atoms with Gasteiger partial charge >= 0.3 is 6.03 Å². The molecule has 0 spiro atoms. The molecule has 0 bridgehead atoms. The topological polar surface area (TPSA) is 37.3 Å². The smallest absolute Gasteiger partial charge is 0.318 e. The molecule has 1 aliphatic carbocycles. The Kier molecular flexibility index (Phi) is 7.44. The maximum Gasteiger partial charge on any atom is 0.322 e. The van der Waals surface area contributed by atoms with Gasteiger partial charge in [-0.25, -0.2) is 4.79 Å². The number of urea groups is 1. The largest absolute Gasteiger partial charge is 0.322 e. The number of nitrogens with one attached hydrogen (secondary N) is 1. The number of hydrogen-bond acceptors (Lipinski definition) is 1. The van der Waals surface area contributed by atoms with Crippen LogP contribution in [0.1, 0.15) is 61.5 Å². The highest BCUT2D eigenvalue weighted by molar-refractivity contribution is 6.30. The Hall–Kier alpha value is -2.72. The molecule has 0 unspecified atom stereocenters. The van der Waals surface area contributed by atoms with Gasteiger partial charge in [-0.3, -0.25) is 0 Å². The van der Waals surface area contributed by atoms with Gasteiger partial charge in [-0.15, -0.1) is 0 Å². The minimum atomic E-state index is -0.000837. The second-order valence-corrected chi connectivity index (χ2v) is 9.51. The number of rotatable bonds is 6. The molecular formula is C28H34ClN3O. The number of aryl methyl sites for hydroxylation is 2. The lowest BCUT2D eigenvalue weighted by atomic mass is 9.94. The molecule has 1 heterocycles. The fourth-order valence-electron chi connectivity index (χ4n) is 5.06. The van der Waals surface area contributed by atoms with Gasteiger partial charge in [-0.05, 0) is 80.6 Å². The summed E-state index contributed by atoms with van der Waals surface area (Å²) in [5.74, 6) is 0. The molecule has 1 saturated carbocycles. The van der Waals surface area contributed by atoms with Gasteiger partial charge in [0, 0.05) is 40.4 Å². The maximum absolute atomic E-state index is 13.6. The third-order valence-corrected chi connectivity index (χ3v) is 7.13. The predicted octanol–water partition coefficient (Wildman–Crippen LogP) is 7.68. The first kappa shape index (κ1) is 23.4. The van der Waals surface area contributed by atoms with Crippen LogP contribution in [0.5, 0.6) is 0 Å². The van der Waals surface area contributed by atoms with E-state index in [1.165, 1.54) is 24.8 Å². The molecule has 2 aromatic carbocycles. The van der Waals surface area contributed by atoms with Gasteiger partial charge < -0.3 is 14.8 Å². The van der Waals surface area contributed by atoms with Crippen molar-refractivity contribution in [2.75, 3.05) is 5.32 Å². The lowest BCUT2D eigenvalue weighted by Gasteiger charge is -2.34. The molecule has 0 saturated heterocycles. The summed E-state index contributed by atoms with van der Waals surface area (Å²) in [6.07, 6.45) is 6.66. The van der Waals surface area contributed by atoms with E-state index in [1.807, 2.05) is 42.5 Å². The molecule has 2 amide bonds. The number of hydrogen-bond donors (Lipinski definition) is 1. The first-order valence-electron chi connectivity index (χ1n) is 12.1. The van der Waals surface area contributed by atoms with Gasteiger partial charge in [0.15, 0.2) is 0 Å². The van der Waals surface area contributed by atoms with Gasteiger partial charge in [0.2, 0.25) is 0 Å². The number of halogens is 1. The summed E-state index contributed by atoms with van der Waals surface area (Å²) in [5.41, 5.74) is 6.67. The van der Waals surface area contributed by atoms with E-state index in [1.54, 1.807) is 0 Å². The molecule has 0 aliphatic heterocycles. The standard InChI is InChI=1S/C28H34ClN3O/c1-4-22-10-8-9-13-27(22)30-28(33)31(25-11-6-5-7-12-25)19-23-18-20(2)32(21(23)3)26-16-14-24(29)15-17-26/h8-10,13-18,25H,4-7,11-12,19H2,1-3H3,(H,30,33). The Bertz CT molecular complexity index is 1100. The normalized spacial score (nSPS) is 14.3. The zero-order valence-corrected chi connectivity index (χ0v) is 20.7. The molecule has 1 aromatic heterocycles. The van der Waals surface area contributed by atoms with Crippen LogP contribution < -0.4 is 5.32 Å². The van der Waals surface area contributed by atoms with Gasteiger partial charge in [0.1, 0.15) is 0 Å². The average molecular weight is 464 g/mol. The van der Waals surface area contributed by atoms with E-state index < -0.39 is 0 Å². The van der Waals surface area contributed by atoms with Crippen LogP contribution in [0.2, 0.25) is 5.02 Å². The fourth-order valence-corrected chi connectivity index (χ4v) is 5.18. The highest BCUT2D eigenvalue weighted by atomic mass is 35.5. The SMILES string of the molecule is CCc1ccccc1NC(=O)N(Cc1cc(C)n(-c2ccc(Cl)cc2)c1C)C1CCCCC1. The summed E-state index contributed by atoms with van der Waals surface area (Å²) in [7, 11) is 0. The van der Waals surface area contributed by atoms with Crippen LogP contribution in [-0.2, 0) is 13.0 Å². The first-order valence-corrected chi connectivity index (χ1v) is 12.4. The van der Waals surface area contributed by atoms with Crippen molar-refractivity contribution >= 4 is 23.3 Å². The molecule has 1 N–H and O–H groups in total. The Morgan fingerprint density at radius 2 is 1.73 bits per heavy atom. The fraction of sp³-hybridized carbons (Fsp3) is 0.393. The van der Waals surface area contributed by atoms with Gasteiger partial charge in [-0.1, -0.05) is 56.0 Å². The Morgan fingerprint density at radius 1 is 1.03 bits per heavy atom. The molecule has 1 aliphatic rings. The number of anilines is 1. The first-order chi connectivity index (χ1) is 16.0.